The van der Waals surface area contributed by atoms with Crippen LogP contribution in [0.1, 0.15) is 64.7 Å². The normalized spacial score (nSPS) is 11.6. The van der Waals surface area contributed by atoms with Crippen LogP contribution in [0.15, 0.2) is 24.3 Å². The van der Waals surface area contributed by atoms with Gasteiger partial charge in [0, 0.05) is 0 Å². The molecule has 0 bridgehead atoms. The highest BCUT2D eigenvalue weighted by Crippen LogP contribution is 2.09. The molecule has 0 saturated carbocycles. The molecule has 0 aromatic heterocycles. The lowest BCUT2D eigenvalue weighted by Crippen LogP contribution is -1.79. The van der Waals surface area contributed by atoms with Gasteiger partial charge < -0.3 is 0 Å². The lowest BCUT2D eigenvalue weighted by molar-refractivity contribution is -0.104. The predicted molar refractivity (Wildman–Crippen MR) is 71.6 cm³/mol. The van der Waals surface area contributed by atoms with Gasteiger partial charge in [0.1, 0.15) is 6.29 Å². The third-order valence-corrected chi connectivity index (χ3v) is 2.66. The lowest BCUT2D eigenvalue weighted by Gasteiger charge is -1.99. The summed E-state index contributed by atoms with van der Waals surface area (Å²) in [7, 11) is 0. The van der Waals surface area contributed by atoms with Gasteiger partial charge in [-0.15, -0.1) is 0 Å². The van der Waals surface area contributed by atoms with Gasteiger partial charge in [-0.2, -0.15) is 0 Å². The number of allylic oxidation sites excluding steroid dienone is 4. The Morgan fingerprint density at radius 3 is 2.00 bits per heavy atom. The molecule has 1 nitrogen and oxygen atoms in total. The summed E-state index contributed by atoms with van der Waals surface area (Å²) in [5, 5.41) is 0. The van der Waals surface area contributed by atoms with Gasteiger partial charge in [0.25, 0.3) is 0 Å². The van der Waals surface area contributed by atoms with Gasteiger partial charge in [-0.1, -0.05) is 70.1 Å². The average Bonchev–Trinajstić information content (AvgIpc) is 2.31. The summed E-state index contributed by atoms with van der Waals surface area (Å²) < 4.78 is 0. The number of carbonyl (C=O) groups is 1. The van der Waals surface area contributed by atoms with Crippen LogP contribution < -0.4 is 0 Å². The standard InChI is InChI=1S/C15H26O/c1-2-3-4-5-6-7-8-9-10-11-12-13-14-15-16/h11-15H,2-10H2,1H3/b12-11-,14-13-. The molecule has 0 aromatic rings. The van der Waals surface area contributed by atoms with Crippen LogP contribution in [-0.4, -0.2) is 6.29 Å². The zero-order valence-corrected chi connectivity index (χ0v) is 10.7. The number of unbranched alkanes of at least 4 members (excludes halogenated alkanes) is 8. The van der Waals surface area contributed by atoms with E-state index in [0.29, 0.717) is 0 Å². The first-order chi connectivity index (χ1) is 7.91. The Morgan fingerprint density at radius 2 is 1.38 bits per heavy atom. The second kappa shape index (κ2) is 14.2. The molecule has 0 heterocycles. The number of carbonyl (C=O) groups excluding carboxylic acids is 1. The highest BCUT2D eigenvalue weighted by atomic mass is 16.1. The molecule has 16 heavy (non-hydrogen) atoms. The molecule has 1 heteroatoms. The van der Waals surface area contributed by atoms with Crippen molar-refractivity contribution in [2.45, 2.75) is 64.7 Å². The molecule has 0 N–H and O–H groups in total. The van der Waals surface area contributed by atoms with E-state index in [4.69, 9.17) is 0 Å². The Hall–Kier alpha value is -0.850. The molecular formula is C15H26O. The van der Waals surface area contributed by atoms with Crippen LogP contribution >= 0.6 is 0 Å². The molecule has 92 valence electrons. The van der Waals surface area contributed by atoms with Gasteiger partial charge in [-0.25, -0.2) is 0 Å². The number of aldehydes is 1. The molecule has 0 spiro atoms. The SMILES string of the molecule is CCCCCCCCCC/C=C\C=C/C=O. The second-order valence-corrected chi connectivity index (χ2v) is 4.21. The third-order valence-electron chi connectivity index (χ3n) is 2.66. The Morgan fingerprint density at radius 1 is 0.750 bits per heavy atom. The van der Waals surface area contributed by atoms with Gasteiger partial charge in [-0.3, -0.25) is 4.79 Å². The van der Waals surface area contributed by atoms with Gasteiger partial charge in [0.2, 0.25) is 0 Å². The van der Waals surface area contributed by atoms with Gasteiger partial charge in [0.15, 0.2) is 0 Å². The van der Waals surface area contributed by atoms with E-state index in [1.807, 2.05) is 6.08 Å². The van der Waals surface area contributed by atoms with Crippen molar-refractivity contribution in [2.24, 2.45) is 0 Å². The number of hydrogen-bond donors (Lipinski definition) is 0. The van der Waals surface area contributed by atoms with Crippen molar-refractivity contribution < 1.29 is 4.79 Å². The fourth-order valence-corrected chi connectivity index (χ4v) is 1.68. The van der Waals surface area contributed by atoms with Gasteiger partial charge >= 0.3 is 0 Å². The molecule has 0 aliphatic carbocycles. The minimum Gasteiger partial charge on any atom is -0.299 e. The summed E-state index contributed by atoms with van der Waals surface area (Å²) in [5.41, 5.74) is 0. The Balaban J connectivity index is 3.06. The second-order valence-electron chi connectivity index (χ2n) is 4.21. The Labute approximate surface area is 101 Å². The van der Waals surface area contributed by atoms with Gasteiger partial charge in [0.05, 0.1) is 0 Å². The molecule has 0 unspecified atom stereocenters. The maximum atomic E-state index is 9.97. The van der Waals surface area contributed by atoms with E-state index < -0.39 is 0 Å². The minimum absolute atomic E-state index is 0.806. The number of rotatable bonds is 11. The predicted octanol–water partition coefficient (Wildman–Crippen LogP) is 4.83. The minimum atomic E-state index is 0.806. The maximum absolute atomic E-state index is 9.97. The average molecular weight is 222 g/mol. The first-order valence-corrected chi connectivity index (χ1v) is 6.68. The van der Waals surface area contributed by atoms with E-state index in [1.165, 1.54) is 57.4 Å². The first-order valence-electron chi connectivity index (χ1n) is 6.68. The molecule has 0 fully saturated rings. The van der Waals surface area contributed by atoms with Crippen LogP contribution in [0.4, 0.5) is 0 Å². The Bertz CT molecular complexity index is 192. The fourth-order valence-electron chi connectivity index (χ4n) is 1.68. The van der Waals surface area contributed by atoms with Crippen LogP contribution in [0.2, 0.25) is 0 Å². The summed E-state index contributed by atoms with van der Waals surface area (Å²) in [6, 6.07) is 0. The van der Waals surface area contributed by atoms with Crippen LogP contribution in [0, 0.1) is 0 Å². The summed E-state index contributed by atoms with van der Waals surface area (Å²) in [6.07, 6.45) is 20.3. The third kappa shape index (κ3) is 13.2. The van der Waals surface area contributed by atoms with E-state index in [9.17, 15) is 4.79 Å². The molecule has 0 saturated heterocycles. The smallest absolute Gasteiger partial charge is 0.142 e. The number of hydrogen-bond acceptors (Lipinski definition) is 1. The summed E-state index contributed by atoms with van der Waals surface area (Å²) in [5.74, 6) is 0. The highest BCUT2D eigenvalue weighted by molar-refractivity contribution is 5.65. The molecule has 0 rings (SSSR count). The molecule has 0 aliphatic rings. The van der Waals surface area contributed by atoms with Crippen molar-refractivity contribution in [3.63, 3.8) is 0 Å². The van der Waals surface area contributed by atoms with E-state index in [0.717, 1.165) is 12.7 Å². The molecular weight excluding hydrogens is 196 g/mol. The van der Waals surface area contributed by atoms with E-state index in [2.05, 4.69) is 13.0 Å². The van der Waals surface area contributed by atoms with E-state index >= 15 is 0 Å². The van der Waals surface area contributed by atoms with Crippen molar-refractivity contribution in [3.8, 4) is 0 Å². The van der Waals surface area contributed by atoms with E-state index in [1.54, 1.807) is 6.08 Å². The zero-order chi connectivity index (χ0) is 11.9. The van der Waals surface area contributed by atoms with Crippen molar-refractivity contribution in [1.29, 1.82) is 0 Å². The zero-order valence-electron chi connectivity index (χ0n) is 10.7. The van der Waals surface area contributed by atoms with Crippen LogP contribution in [0.5, 0.6) is 0 Å². The quantitative estimate of drug-likeness (QED) is 0.212. The molecule has 0 aliphatic heterocycles. The lowest BCUT2D eigenvalue weighted by atomic mass is 10.1. The summed E-state index contributed by atoms with van der Waals surface area (Å²) in [6.45, 7) is 2.26. The van der Waals surface area contributed by atoms with Gasteiger partial charge in [-0.05, 0) is 18.9 Å². The first kappa shape index (κ1) is 15.2. The molecule has 0 amide bonds. The summed E-state index contributed by atoms with van der Waals surface area (Å²) >= 11 is 0. The van der Waals surface area contributed by atoms with E-state index in [-0.39, 0.29) is 0 Å². The van der Waals surface area contributed by atoms with Crippen molar-refractivity contribution in [3.05, 3.63) is 24.3 Å². The van der Waals surface area contributed by atoms with Crippen LogP contribution in [0.3, 0.4) is 0 Å². The highest BCUT2D eigenvalue weighted by Gasteiger charge is 1.89. The monoisotopic (exact) mass is 222 g/mol. The largest absolute Gasteiger partial charge is 0.299 e. The molecule has 0 atom stereocenters. The summed E-state index contributed by atoms with van der Waals surface area (Å²) in [4.78, 5) is 9.97. The fraction of sp³-hybridized carbons (Fsp3) is 0.667. The van der Waals surface area contributed by atoms with Crippen molar-refractivity contribution in [1.82, 2.24) is 0 Å². The maximum Gasteiger partial charge on any atom is 0.142 e. The molecule has 0 radical (unpaired) electrons. The van der Waals surface area contributed by atoms with Crippen LogP contribution in [0.25, 0.3) is 0 Å². The van der Waals surface area contributed by atoms with Crippen LogP contribution in [-0.2, 0) is 4.79 Å². The van der Waals surface area contributed by atoms with Crippen molar-refractivity contribution in [2.75, 3.05) is 0 Å². The molecule has 0 aromatic carbocycles. The Kier molecular flexibility index (Phi) is 13.4. The topological polar surface area (TPSA) is 17.1 Å². The van der Waals surface area contributed by atoms with Crippen molar-refractivity contribution >= 4 is 6.29 Å².